The first kappa shape index (κ1) is 20.8. The summed E-state index contributed by atoms with van der Waals surface area (Å²) in [4.78, 5) is 17.9. The number of thiocarbonyl (C=S) groups is 1. The van der Waals surface area contributed by atoms with Gasteiger partial charge in [-0.15, -0.1) is 0 Å². The third-order valence-electron chi connectivity index (χ3n) is 5.75. The standard InChI is InChI=1S/C22H23N5O3S/c1-13-11-16(21-20(24-22(31)25(21)3)17-7-5-6-10-23-17)14(2)26(13)18-9-8-15(30-4)12-19(18)27(28)29/h5-12,20-21H,1-4H3,(H,24,31)/t20-,21-/m0/s1. The molecule has 3 heterocycles. The summed E-state index contributed by atoms with van der Waals surface area (Å²) < 4.78 is 7.10. The van der Waals surface area contributed by atoms with Gasteiger partial charge in [0.2, 0.25) is 0 Å². The Morgan fingerprint density at radius 2 is 2.00 bits per heavy atom. The van der Waals surface area contributed by atoms with Gasteiger partial charge >= 0.3 is 0 Å². The summed E-state index contributed by atoms with van der Waals surface area (Å²) in [6.07, 6.45) is 1.76. The maximum absolute atomic E-state index is 11.8. The fourth-order valence-corrected chi connectivity index (χ4v) is 4.51. The molecule has 31 heavy (non-hydrogen) atoms. The highest BCUT2D eigenvalue weighted by Gasteiger charge is 2.39. The molecular formula is C22H23N5O3S. The van der Waals surface area contributed by atoms with Crippen molar-refractivity contribution >= 4 is 23.0 Å². The van der Waals surface area contributed by atoms with Gasteiger partial charge in [0.05, 0.1) is 35.9 Å². The lowest BCUT2D eigenvalue weighted by Gasteiger charge is -2.24. The van der Waals surface area contributed by atoms with E-state index in [2.05, 4.69) is 16.4 Å². The highest BCUT2D eigenvalue weighted by Crippen LogP contribution is 2.41. The summed E-state index contributed by atoms with van der Waals surface area (Å²) in [6.45, 7) is 3.92. The van der Waals surface area contributed by atoms with Gasteiger partial charge in [0.1, 0.15) is 11.4 Å². The third kappa shape index (κ3) is 3.50. The van der Waals surface area contributed by atoms with Crippen LogP contribution in [0.5, 0.6) is 5.75 Å². The second-order valence-electron chi connectivity index (χ2n) is 7.51. The van der Waals surface area contributed by atoms with Gasteiger partial charge in [-0.25, -0.2) is 0 Å². The average Bonchev–Trinajstić information content (AvgIpc) is 3.22. The van der Waals surface area contributed by atoms with Crippen molar-refractivity contribution in [3.8, 4) is 11.4 Å². The zero-order valence-corrected chi connectivity index (χ0v) is 18.5. The number of aromatic nitrogens is 2. The molecule has 0 amide bonds. The summed E-state index contributed by atoms with van der Waals surface area (Å²) in [5, 5.41) is 15.8. The van der Waals surface area contributed by atoms with E-state index in [-0.39, 0.29) is 22.7 Å². The van der Waals surface area contributed by atoms with Crippen molar-refractivity contribution < 1.29 is 9.66 Å². The van der Waals surface area contributed by atoms with Crippen LogP contribution in [0, 0.1) is 24.0 Å². The summed E-state index contributed by atoms with van der Waals surface area (Å²) >= 11 is 5.53. The third-order valence-corrected chi connectivity index (χ3v) is 6.15. The van der Waals surface area contributed by atoms with E-state index in [9.17, 15) is 10.1 Å². The van der Waals surface area contributed by atoms with Crippen molar-refractivity contribution in [1.82, 2.24) is 19.8 Å². The normalized spacial score (nSPS) is 18.2. The van der Waals surface area contributed by atoms with Crippen molar-refractivity contribution in [3.05, 3.63) is 81.4 Å². The minimum Gasteiger partial charge on any atom is -0.496 e. The minimum absolute atomic E-state index is 0.0117. The number of aryl methyl sites for hydroxylation is 1. The lowest BCUT2D eigenvalue weighted by atomic mass is 9.97. The molecule has 2 aromatic heterocycles. The number of nitro benzene ring substituents is 1. The number of nitrogens with zero attached hydrogens (tertiary/aromatic N) is 4. The number of benzene rings is 1. The number of likely N-dealkylation sites (N-methyl/N-ethyl adjacent to an activating group) is 1. The summed E-state index contributed by atoms with van der Waals surface area (Å²) in [6, 6.07) is 12.5. The van der Waals surface area contributed by atoms with E-state index >= 15 is 0 Å². The molecule has 1 saturated heterocycles. The van der Waals surface area contributed by atoms with Gasteiger partial charge in [-0.3, -0.25) is 15.1 Å². The first-order valence-electron chi connectivity index (χ1n) is 9.79. The molecule has 0 radical (unpaired) electrons. The van der Waals surface area contributed by atoms with Crippen LogP contribution in [0.25, 0.3) is 5.69 Å². The van der Waals surface area contributed by atoms with E-state index in [0.29, 0.717) is 16.5 Å². The molecule has 3 aromatic rings. The fraction of sp³-hybridized carbons (Fsp3) is 0.273. The number of hydrogen-bond donors (Lipinski definition) is 1. The zero-order chi connectivity index (χ0) is 22.3. The van der Waals surface area contributed by atoms with E-state index in [1.165, 1.54) is 13.2 Å². The number of nitrogens with one attached hydrogen (secondary N) is 1. The molecule has 1 aromatic carbocycles. The van der Waals surface area contributed by atoms with Crippen LogP contribution in [0.15, 0.2) is 48.7 Å². The smallest absolute Gasteiger partial charge is 0.296 e. The van der Waals surface area contributed by atoms with Crippen LogP contribution in [-0.4, -0.2) is 38.6 Å². The topological polar surface area (TPSA) is 85.5 Å². The van der Waals surface area contributed by atoms with Crippen molar-refractivity contribution in [2.45, 2.75) is 25.9 Å². The molecule has 4 rings (SSSR count). The van der Waals surface area contributed by atoms with Crippen molar-refractivity contribution in [3.63, 3.8) is 0 Å². The van der Waals surface area contributed by atoms with Crippen LogP contribution in [0.3, 0.4) is 0 Å². The summed E-state index contributed by atoms with van der Waals surface area (Å²) in [5.41, 5.74) is 4.22. The predicted molar refractivity (Wildman–Crippen MR) is 122 cm³/mol. The Labute approximate surface area is 185 Å². The Morgan fingerprint density at radius 1 is 1.23 bits per heavy atom. The van der Waals surface area contributed by atoms with E-state index < -0.39 is 0 Å². The minimum atomic E-state index is -0.383. The largest absolute Gasteiger partial charge is 0.496 e. The molecule has 8 nitrogen and oxygen atoms in total. The number of pyridine rings is 1. The maximum atomic E-state index is 11.8. The predicted octanol–water partition coefficient (Wildman–Crippen LogP) is 4.01. The van der Waals surface area contributed by atoms with Crippen LogP contribution in [0.1, 0.15) is 34.7 Å². The molecule has 160 valence electrons. The highest BCUT2D eigenvalue weighted by molar-refractivity contribution is 7.80. The lowest BCUT2D eigenvalue weighted by Crippen LogP contribution is -2.25. The molecule has 1 fully saturated rings. The van der Waals surface area contributed by atoms with Gasteiger partial charge in [0.15, 0.2) is 5.11 Å². The number of rotatable bonds is 5. The van der Waals surface area contributed by atoms with Crippen LogP contribution in [0.4, 0.5) is 5.69 Å². The molecule has 0 aliphatic carbocycles. The second-order valence-corrected chi connectivity index (χ2v) is 7.90. The number of methoxy groups -OCH3 is 1. The monoisotopic (exact) mass is 437 g/mol. The first-order chi connectivity index (χ1) is 14.8. The molecule has 0 unspecified atom stereocenters. The number of ether oxygens (including phenoxy) is 1. The molecule has 9 heteroatoms. The van der Waals surface area contributed by atoms with Gasteiger partial charge in [0, 0.05) is 24.6 Å². The van der Waals surface area contributed by atoms with Gasteiger partial charge in [-0.2, -0.15) is 0 Å². The Balaban J connectivity index is 1.85. The molecule has 0 bridgehead atoms. The van der Waals surface area contributed by atoms with E-state index in [1.54, 1.807) is 18.3 Å². The van der Waals surface area contributed by atoms with Crippen LogP contribution in [-0.2, 0) is 0 Å². The average molecular weight is 438 g/mol. The Kier molecular flexibility index (Phi) is 5.36. The molecule has 2 atom stereocenters. The molecule has 0 saturated carbocycles. The molecule has 1 N–H and O–H groups in total. The fourth-order valence-electron chi connectivity index (χ4n) is 4.27. The zero-order valence-electron chi connectivity index (χ0n) is 17.7. The lowest BCUT2D eigenvalue weighted by molar-refractivity contribution is -0.384. The van der Waals surface area contributed by atoms with Crippen molar-refractivity contribution in [1.29, 1.82) is 0 Å². The van der Waals surface area contributed by atoms with Crippen molar-refractivity contribution in [2.24, 2.45) is 0 Å². The Morgan fingerprint density at radius 3 is 2.65 bits per heavy atom. The summed E-state index contributed by atoms with van der Waals surface area (Å²) in [5.74, 6) is 0.443. The SMILES string of the molecule is COc1ccc(-n2c(C)cc([C@H]3[C@H](c4ccccn4)NC(=S)N3C)c2C)c([N+](=O)[O-])c1. The first-order valence-corrected chi connectivity index (χ1v) is 10.2. The van der Waals surface area contributed by atoms with E-state index in [4.69, 9.17) is 17.0 Å². The van der Waals surface area contributed by atoms with Crippen LogP contribution in [0.2, 0.25) is 0 Å². The maximum Gasteiger partial charge on any atom is 0.296 e. The Bertz CT molecular complexity index is 1160. The van der Waals surface area contributed by atoms with Gasteiger partial charge < -0.3 is 19.5 Å². The van der Waals surface area contributed by atoms with Crippen LogP contribution >= 0.6 is 12.2 Å². The van der Waals surface area contributed by atoms with E-state index in [0.717, 1.165) is 22.6 Å². The van der Waals surface area contributed by atoms with Gasteiger partial charge in [-0.1, -0.05) is 6.07 Å². The summed E-state index contributed by atoms with van der Waals surface area (Å²) in [7, 11) is 3.44. The second kappa shape index (κ2) is 7.99. The Hall–Kier alpha value is -3.46. The van der Waals surface area contributed by atoms with Gasteiger partial charge in [0.25, 0.3) is 5.69 Å². The van der Waals surface area contributed by atoms with Crippen molar-refractivity contribution in [2.75, 3.05) is 14.2 Å². The quantitative estimate of drug-likeness (QED) is 0.367. The molecular weight excluding hydrogens is 414 g/mol. The van der Waals surface area contributed by atoms with E-state index in [1.807, 2.05) is 48.6 Å². The molecule has 0 spiro atoms. The van der Waals surface area contributed by atoms with Crippen LogP contribution < -0.4 is 10.1 Å². The molecule has 1 aliphatic heterocycles. The number of nitro groups is 1. The number of hydrogen-bond acceptors (Lipinski definition) is 5. The van der Waals surface area contributed by atoms with Gasteiger partial charge in [-0.05, 0) is 62.0 Å². The molecule has 1 aliphatic rings. The highest BCUT2D eigenvalue weighted by atomic mass is 32.1.